The van der Waals surface area contributed by atoms with Crippen LogP contribution in [0.25, 0.3) is 0 Å². The van der Waals surface area contributed by atoms with E-state index in [4.69, 9.17) is 5.11 Å². The van der Waals surface area contributed by atoms with Crippen molar-refractivity contribution in [3.05, 3.63) is 68.2 Å². The highest BCUT2D eigenvalue weighted by Gasteiger charge is 2.11. The largest absolute Gasteiger partial charge is 0.478 e. The molecule has 0 spiro atoms. The van der Waals surface area contributed by atoms with Gasteiger partial charge in [0.05, 0.1) is 10.5 Å². The summed E-state index contributed by atoms with van der Waals surface area (Å²) < 4.78 is 0.804. The van der Waals surface area contributed by atoms with E-state index in [1.54, 1.807) is 30.3 Å². The molecule has 0 aliphatic rings. The second kappa shape index (κ2) is 6.73. The van der Waals surface area contributed by atoms with Crippen LogP contribution in [-0.4, -0.2) is 16.0 Å². The number of benzene rings is 2. The van der Waals surface area contributed by atoms with E-state index in [0.717, 1.165) is 10.0 Å². The molecule has 0 radical (unpaired) electrons. The van der Waals surface area contributed by atoms with Gasteiger partial charge in [0, 0.05) is 27.3 Å². The lowest BCUT2D eigenvalue weighted by Gasteiger charge is -2.06. The fraction of sp³-hybridized carbons (Fsp3) is 0.0714. The fourth-order valence-electron chi connectivity index (χ4n) is 1.67. The highest BCUT2D eigenvalue weighted by atomic mass is 79.9. The van der Waals surface area contributed by atoms with E-state index in [1.807, 2.05) is 0 Å². The molecule has 21 heavy (non-hydrogen) atoms. The van der Waals surface area contributed by atoms with E-state index in [0.29, 0.717) is 10.6 Å². The zero-order valence-corrected chi connectivity index (χ0v) is 13.1. The maximum absolute atomic E-state index is 11.2. The molecule has 0 fully saturated rings. The van der Waals surface area contributed by atoms with Crippen LogP contribution in [0.5, 0.6) is 0 Å². The number of carboxylic acids is 1. The monoisotopic (exact) mass is 367 g/mol. The van der Waals surface area contributed by atoms with E-state index in [2.05, 4.69) is 15.9 Å². The summed E-state index contributed by atoms with van der Waals surface area (Å²) in [7, 11) is 0. The first-order chi connectivity index (χ1) is 9.97. The number of carboxylic acid groups (broad SMARTS) is 1. The smallest absolute Gasteiger partial charge is 0.336 e. The van der Waals surface area contributed by atoms with E-state index >= 15 is 0 Å². The highest BCUT2D eigenvalue weighted by molar-refractivity contribution is 9.10. The van der Waals surface area contributed by atoms with Gasteiger partial charge in [-0.25, -0.2) is 4.79 Å². The lowest BCUT2D eigenvalue weighted by Crippen LogP contribution is -1.98. The average molecular weight is 368 g/mol. The predicted molar refractivity (Wildman–Crippen MR) is 83.8 cm³/mol. The van der Waals surface area contributed by atoms with Crippen LogP contribution in [0, 0.1) is 10.1 Å². The van der Waals surface area contributed by atoms with E-state index in [9.17, 15) is 14.9 Å². The van der Waals surface area contributed by atoms with Crippen LogP contribution in [0.3, 0.4) is 0 Å². The van der Waals surface area contributed by atoms with Gasteiger partial charge in [0.2, 0.25) is 0 Å². The molecule has 5 nitrogen and oxygen atoms in total. The number of non-ortho nitro benzene ring substituents is 1. The lowest BCUT2D eigenvalue weighted by molar-refractivity contribution is -0.384. The number of nitro benzene ring substituents is 1. The summed E-state index contributed by atoms with van der Waals surface area (Å²) in [4.78, 5) is 21.9. The molecule has 7 heteroatoms. The van der Waals surface area contributed by atoms with Crippen LogP contribution >= 0.6 is 27.7 Å². The molecule has 2 aromatic carbocycles. The number of carbonyl (C=O) groups is 1. The van der Waals surface area contributed by atoms with Crippen LogP contribution in [0.2, 0.25) is 0 Å². The van der Waals surface area contributed by atoms with Crippen LogP contribution < -0.4 is 0 Å². The zero-order chi connectivity index (χ0) is 15.4. The first-order valence-corrected chi connectivity index (χ1v) is 7.64. The number of aromatic carboxylic acids is 1. The minimum Gasteiger partial charge on any atom is -0.478 e. The number of hydrogen-bond donors (Lipinski definition) is 1. The quantitative estimate of drug-likeness (QED) is 0.482. The standard InChI is InChI=1S/C14H10BrNO4S/c15-10-3-6-12(14(17)18)13(7-10)21-8-9-1-4-11(5-2-9)16(19)20/h1-7H,8H2,(H,17,18). The average Bonchev–Trinajstić information content (AvgIpc) is 2.45. The summed E-state index contributed by atoms with van der Waals surface area (Å²) in [6.07, 6.45) is 0. The summed E-state index contributed by atoms with van der Waals surface area (Å²) in [6, 6.07) is 11.2. The first kappa shape index (κ1) is 15.5. The van der Waals surface area contributed by atoms with E-state index in [1.165, 1.54) is 23.9 Å². The van der Waals surface area contributed by atoms with Gasteiger partial charge in [-0.05, 0) is 23.8 Å². The molecule has 0 bridgehead atoms. The number of hydrogen-bond acceptors (Lipinski definition) is 4. The third-order valence-electron chi connectivity index (χ3n) is 2.72. The van der Waals surface area contributed by atoms with Crippen molar-refractivity contribution in [2.75, 3.05) is 0 Å². The molecule has 0 saturated carbocycles. The maximum Gasteiger partial charge on any atom is 0.336 e. The van der Waals surface area contributed by atoms with Crippen LogP contribution in [-0.2, 0) is 5.75 Å². The minimum atomic E-state index is -0.978. The summed E-state index contributed by atoms with van der Waals surface area (Å²) in [6.45, 7) is 0. The van der Waals surface area contributed by atoms with Crippen LogP contribution in [0.1, 0.15) is 15.9 Å². The first-order valence-electron chi connectivity index (χ1n) is 5.86. The highest BCUT2D eigenvalue weighted by Crippen LogP contribution is 2.29. The van der Waals surface area contributed by atoms with Crippen molar-refractivity contribution < 1.29 is 14.8 Å². The topological polar surface area (TPSA) is 80.4 Å². The van der Waals surface area contributed by atoms with Crippen molar-refractivity contribution in [2.24, 2.45) is 0 Å². The Morgan fingerprint density at radius 2 is 1.90 bits per heavy atom. The minimum absolute atomic E-state index is 0.0393. The molecule has 0 atom stereocenters. The molecule has 0 unspecified atom stereocenters. The number of thioether (sulfide) groups is 1. The van der Waals surface area contributed by atoms with Gasteiger partial charge in [-0.1, -0.05) is 28.1 Å². The van der Waals surface area contributed by atoms with Gasteiger partial charge < -0.3 is 5.11 Å². The van der Waals surface area contributed by atoms with Crippen molar-refractivity contribution >= 4 is 39.3 Å². The lowest BCUT2D eigenvalue weighted by atomic mass is 10.2. The van der Waals surface area contributed by atoms with Gasteiger partial charge in [0.15, 0.2) is 0 Å². The Bertz CT molecular complexity index is 688. The Balaban J connectivity index is 2.14. The number of nitrogens with zero attached hydrogens (tertiary/aromatic N) is 1. The molecule has 0 aliphatic heterocycles. The molecule has 0 amide bonds. The van der Waals surface area contributed by atoms with Crippen molar-refractivity contribution in [3.63, 3.8) is 0 Å². The van der Waals surface area contributed by atoms with E-state index in [-0.39, 0.29) is 11.3 Å². The van der Waals surface area contributed by atoms with Gasteiger partial charge >= 0.3 is 5.97 Å². The molecule has 1 N–H and O–H groups in total. The second-order valence-electron chi connectivity index (χ2n) is 4.16. The maximum atomic E-state index is 11.2. The van der Waals surface area contributed by atoms with Gasteiger partial charge in [-0.2, -0.15) is 0 Å². The summed E-state index contributed by atoms with van der Waals surface area (Å²) >= 11 is 4.69. The van der Waals surface area contributed by atoms with Crippen LogP contribution in [0.4, 0.5) is 5.69 Å². The summed E-state index contributed by atoms with van der Waals surface area (Å²) in [5.74, 6) is -0.442. The molecule has 2 rings (SSSR count). The Labute approximate surface area is 133 Å². The third kappa shape index (κ3) is 4.05. The molecule has 0 aromatic heterocycles. The van der Waals surface area contributed by atoms with E-state index < -0.39 is 10.9 Å². The van der Waals surface area contributed by atoms with Crippen LogP contribution in [0.15, 0.2) is 51.8 Å². The second-order valence-corrected chi connectivity index (χ2v) is 6.09. The molecular weight excluding hydrogens is 358 g/mol. The van der Waals surface area contributed by atoms with Crippen molar-refractivity contribution in [2.45, 2.75) is 10.6 Å². The van der Waals surface area contributed by atoms with Crippen molar-refractivity contribution in [1.29, 1.82) is 0 Å². The Hall–Kier alpha value is -1.86. The molecule has 108 valence electrons. The van der Waals surface area contributed by atoms with Gasteiger partial charge in [0.25, 0.3) is 5.69 Å². The fourth-order valence-corrected chi connectivity index (χ4v) is 3.22. The molecular formula is C14H10BrNO4S. The third-order valence-corrected chi connectivity index (χ3v) is 4.34. The zero-order valence-electron chi connectivity index (χ0n) is 10.7. The number of rotatable bonds is 5. The van der Waals surface area contributed by atoms with Crippen molar-refractivity contribution in [1.82, 2.24) is 0 Å². The van der Waals surface area contributed by atoms with Gasteiger partial charge in [0.1, 0.15) is 0 Å². The number of nitro groups is 1. The summed E-state index contributed by atoms with van der Waals surface area (Å²) in [5.41, 5.74) is 1.17. The summed E-state index contributed by atoms with van der Waals surface area (Å²) in [5, 5.41) is 19.7. The molecule has 0 aliphatic carbocycles. The predicted octanol–water partition coefficient (Wildman–Crippen LogP) is 4.35. The molecule has 0 heterocycles. The SMILES string of the molecule is O=C(O)c1ccc(Br)cc1SCc1ccc([N+](=O)[O-])cc1. The molecule has 2 aromatic rings. The Morgan fingerprint density at radius 3 is 2.48 bits per heavy atom. The normalized spacial score (nSPS) is 10.3. The Kier molecular flexibility index (Phi) is 4.98. The Morgan fingerprint density at radius 1 is 1.24 bits per heavy atom. The molecule has 0 saturated heterocycles. The number of halogens is 1. The van der Waals surface area contributed by atoms with Gasteiger partial charge in [-0.15, -0.1) is 11.8 Å². The van der Waals surface area contributed by atoms with Gasteiger partial charge in [-0.3, -0.25) is 10.1 Å². The van der Waals surface area contributed by atoms with Crippen molar-refractivity contribution in [3.8, 4) is 0 Å².